The molecular weight excluding hydrogens is 498 g/mol. The molecule has 3 N–H and O–H groups in total. The minimum Gasteiger partial charge on any atom is -0.444 e. The molecule has 0 saturated carbocycles. The first kappa shape index (κ1) is 28.6. The Hall–Kier alpha value is -3.44. The van der Waals surface area contributed by atoms with Gasteiger partial charge >= 0.3 is 17.8 Å². The number of hydrogen-bond donors (Lipinski definition) is 3. The third-order valence-electron chi connectivity index (χ3n) is 6.92. The van der Waals surface area contributed by atoms with Crippen molar-refractivity contribution in [3.8, 4) is 5.69 Å². The number of benzene rings is 1. The molecule has 1 atom stereocenters. The molecule has 4 rings (SSSR count). The lowest BCUT2D eigenvalue weighted by Crippen LogP contribution is -2.48. The van der Waals surface area contributed by atoms with Crippen LogP contribution >= 0.6 is 0 Å². The molecule has 1 aromatic carbocycles. The fraction of sp³-hybridized carbons (Fsp3) is 0.571. The molecule has 2 fully saturated rings. The molecule has 2 aromatic rings. The molecule has 2 saturated heterocycles. The van der Waals surface area contributed by atoms with Crippen molar-refractivity contribution >= 4 is 17.9 Å². The van der Waals surface area contributed by atoms with Gasteiger partial charge in [-0.1, -0.05) is 12.1 Å². The summed E-state index contributed by atoms with van der Waals surface area (Å²) in [4.78, 5) is 45.3. The third kappa shape index (κ3) is 8.79. The molecule has 0 bridgehead atoms. The lowest BCUT2D eigenvalue weighted by atomic mass is 10.1. The zero-order valence-electron chi connectivity index (χ0n) is 23.2. The van der Waals surface area contributed by atoms with Crippen LogP contribution in [0.25, 0.3) is 5.69 Å². The zero-order chi connectivity index (χ0) is 27.8. The lowest BCUT2D eigenvalue weighted by molar-refractivity contribution is 0.0500. The largest absolute Gasteiger partial charge is 0.444 e. The van der Waals surface area contributed by atoms with Crippen LogP contribution in [0.1, 0.15) is 45.6 Å². The van der Waals surface area contributed by atoms with Gasteiger partial charge < -0.3 is 25.2 Å². The number of nitrogens with one attached hydrogen (secondary N) is 3. The molecule has 0 aliphatic carbocycles. The summed E-state index contributed by atoms with van der Waals surface area (Å²) >= 11 is 0. The molecule has 3 heterocycles. The van der Waals surface area contributed by atoms with E-state index in [2.05, 4.69) is 25.8 Å². The van der Waals surface area contributed by atoms with E-state index in [1.165, 1.54) is 10.1 Å². The number of carbonyl (C=O) groups excluding carboxylic acids is 2. The zero-order valence-corrected chi connectivity index (χ0v) is 23.2. The first-order valence-electron chi connectivity index (χ1n) is 13.8. The predicted molar refractivity (Wildman–Crippen MR) is 150 cm³/mol. The van der Waals surface area contributed by atoms with E-state index < -0.39 is 11.3 Å². The number of aromatic nitrogens is 2. The minimum absolute atomic E-state index is 0.137. The Bertz CT molecular complexity index is 1170. The van der Waals surface area contributed by atoms with Gasteiger partial charge in [0.25, 0.3) is 0 Å². The highest BCUT2D eigenvalue weighted by Crippen LogP contribution is 2.15. The molecule has 11 heteroatoms. The Kier molecular flexibility index (Phi) is 9.58. The average molecular weight is 540 g/mol. The molecule has 39 heavy (non-hydrogen) atoms. The van der Waals surface area contributed by atoms with Crippen molar-refractivity contribution in [3.63, 3.8) is 0 Å². The molecule has 1 unspecified atom stereocenters. The number of carbonyl (C=O) groups is 2. The first-order valence-corrected chi connectivity index (χ1v) is 13.8. The van der Waals surface area contributed by atoms with Gasteiger partial charge in [-0.2, -0.15) is 4.98 Å². The van der Waals surface area contributed by atoms with E-state index in [0.29, 0.717) is 13.1 Å². The van der Waals surface area contributed by atoms with Gasteiger partial charge in [-0.15, -0.1) is 0 Å². The van der Waals surface area contributed by atoms with Crippen LogP contribution in [0.5, 0.6) is 0 Å². The van der Waals surface area contributed by atoms with E-state index >= 15 is 0 Å². The standard InChI is InChI=1S/C28H41N7O4/c1-28(2,3)39-27(38)30-22-5-4-15-33(17-11-22)16-10-21-6-8-23(9-7-21)35-18-12-24(32-26(35)37)31-25(36)34-19-13-29-14-20-34/h6-9,12,18,22,29H,4-5,10-11,13-17,19-20H2,1-3H3,(H,30,38)(H,31,32,36,37). The maximum Gasteiger partial charge on any atom is 0.407 e. The molecule has 11 nitrogen and oxygen atoms in total. The van der Waals surface area contributed by atoms with Crippen molar-refractivity contribution in [2.24, 2.45) is 0 Å². The van der Waals surface area contributed by atoms with Crippen LogP contribution in [-0.2, 0) is 11.2 Å². The van der Waals surface area contributed by atoms with Gasteiger partial charge in [-0.05, 0) is 76.8 Å². The van der Waals surface area contributed by atoms with Crippen LogP contribution in [-0.4, -0.2) is 88.9 Å². The second kappa shape index (κ2) is 13.1. The van der Waals surface area contributed by atoms with Crippen molar-refractivity contribution in [3.05, 3.63) is 52.6 Å². The fourth-order valence-corrected chi connectivity index (χ4v) is 4.83. The summed E-state index contributed by atoms with van der Waals surface area (Å²) in [7, 11) is 0. The van der Waals surface area contributed by atoms with Gasteiger partial charge in [-0.3, -0.25) is 9.88 Å². The summed E-state index contributed by atoms with van der Waals surface area (Å²) in [5.41, 5.74) is 0.974. The number of hydrogen-bond acceptors (Lipinski definition) is 7. The van der Waals surface area contributed by atoms with Crippen molar-refractivity contribution in [1.29, 1.82) is 0 Å². The number of urea groups is 1. The first-order chi connectivity index (χ1) is 18.7. The van der Waals surface area contributed by atoms with E-state index in [4.69, 9.17) is 4.74 Å². The Morgan fingerprint density at radius 1 is 1.05 bits per heavy atom. The average Bonchev–Trinajstić information content (AvgIpc) is 3.12. The normalized spacial score (nSPS) is 18.7. The van der Waals surface area contributed by atoms with Crippen molar-refractivity contribution in [1.82, 2.24) is 30.0 Å². The lowest BCUT2D eigenvalue weighted by Gasteiger charge is -2.27. The van der Waals surface area contributed by atoms with E-state index in [-0.39, 0.29) is 24.0 Å². The molecule has 1 aromatic heterocycles. The number of anilines is 1. The van der Waals surface area contributed by atoms with E-state index in [1.807, 2.05) is 45.0 Å². The van der Waals surface area contributed by atoms with E-state index in [0.717, 1.165) is 64.1 Å². The molecule has 3 amide bonds. The SMILES string of the molecule is CC(C)(C)OC(=O)NC1CCCN(CCc2ccc(-n3ccc(NC(=O)N4CCNCC4)nc3=O)cc2)CC1. The summed E-state index contributed by atoms with van der Waals surface area (Å²) in [6.45, 7) is 11.2. The monoisotopic (exact) mass is 539 g/mol. The smallest absolute Gasteiger partial charge is 0.407 e. The number of piperazine rings is 1. The van der Waals surface area contributed by atoms with Gasteiger partial charge in [0.1, 0.15) is 11.4 Å². The van der Waals surface area contributed by atoms with Crippen LogP contribution in [0.3, 0.4) is 0 Å². The second-order valence-corrected chi connectivity index (χ2v) is 11.2. The summed E-state index contributed by atoms with van der Waals surface area (Å²) < 4.78 is 6.87. The van der Waals surface area contributed by atoms with Gasteiger partial charge in [0.15, 0.2) is 0 Å². The van der Waals surface area contributed by atoms with Crippen LogP contribution in [0, 0.1) is 0 Å². The highest BCUT2D eigenvalue weighted by molar-refractivity contribution is 5.88. The fourth-order valence-electron chi connectivity index (χ4n) is 4.83. The van der Waals surface area contributed by atoms with Crippen LogP contribution in [0.4, 0.5) is 15.4 Å². The highest BCUT2D eigenvalue weighted by atomic mass is 16.6. The Morgan fingerprint density at radius 2 is 1.79 bits per heavy atom. The molecule has 0 radical (unpaired) electrons. The van der Waals surface area contributed by atoms with Crippen LogP contribution < -0.4 is 21.6 Å². The summed E-state index contributed by atoms with van der Waals surface area (Å²) in [6.07, 6.45) is 5.07. The number of nitrogens with zero attached hydrogens (tertiary/aromatic N) is 4. The highest BCUT2D eigenvalue weighted by Gasteiger charge is 2.22. The Labute approximate surface area is 229 Å². The van der Waals surface area contributed by atoms with Gasteiger partial charge in [0.2, 0.25) is 0 Å². The van der Waals surface area contributed by atoms with Crippen LogP contribution in [0.15, 0.2) is 41.3 Å². The summed E-state index contributed by atoms with van der Waals surface area (Å²) in [6, 6.07) is 9.43. The summed E-state index contributed by atoms with van der Waals surface area (Å²) in [5, 5.41) is 8.94. The summed E-state index contributed by atoms with van der Waals surface area (Å²) in [5.74, 6) is 0.248. The topological polar surface area (TPSA) is 121 Å². The van der Waals surface area contributed by atoms with E-state index in [1.54, 1.807) is 17.2 Å². The third-order valence-corrected chi connectivity index (χ3v) is 6.92. The molecular formula is C28H41N7O4. The maximum atomic E-state index is 12.6. The molecule has 2 aliphatic rings. The van der Waals surface area contributed by atoms with Gasteiger partial charge in [0.05, 0.1) is 5.69 Å². The quantitative estimate of drug-likeness (QED) is 0.516. The molecule has 2 aliphatic heterocycles. The minimum atomic E-state index is -0.493. The maximum absolute atomic E-state index is 12.6. The van der Waals surface area contributed by atoms with Gasteiger partial charge in [0, 0.05) is 51.5 Å². The number of rotatable bonds is 6. The number of alkyl carbamates (subject to hydrolysis) is 1. The van der Waals surface area contributed by atoms with Crippen molar-refractivity contribution in [2.45, 2.75) is 58.1 Å². The molecule has 212 valence electrons. The van der Waals surface area contributed by atoms with Crippen molar-refractivity contribution in [2.75, 3.05) is 51.1 Å². The second-order valence-electron chi connectivity index (χ2n) is 11.2. The van der Waals surface area contributed by atoms with E-state index in [9.17, 15) is 14.4 Å². The predicted octanol–water partition coefficient (Wildman–Crippen LogP) is 2.59. The Balaban J connectivity index is 1.25. The number of ether oxygens (including phenoxy) is 1. The van der Waals surface area contributed by atoms with Crippen LogP contribution in [0.2, 0.25) is 0 Å². The molecule has 0 spiro atoms. The number of likely N-dealkylation sites (tertiary alicyclic amines) is 1. The van der Waals surface area contributed by atoms with Crippen molar-refractivity contribution < 1.29 is 14.3 Å². The number of amides is 3. The van der Waals surface area contributed by atoms with Gasteiger partial charge in [-0.25, -0.2) is 14.4 Å². The Morgan fingerprint density at radius 3 is 2.49 bits per heavy atom.